The van der Waals surface area contributed by atoms with Crippen molar-refractivity contribution in [2.45, 2.75) is 0 Å². The summed E-state index contributed by atoms with van der Waals surface area (Å²) < 4.78 is 35.8. The minimum atomic E-state index is -2.85. The maximum absolute atomic E-state index is 10.0. The van der Waals surface area contributed by atoms with Crippen LogP contribution in [0.3, 0.4) is 0 Å². The Morgan fingerprint density at radius 2 is 1.60 bits per heavy atom. The molecule has 2 unspecified atom stereocenters. The van der Waals surface area contributed by atoms with Crippen molar-refractivity contribution >= 4 is 28.6 Å². The fourth-order valence-corrected chi connectivity index (χ4v) is 0.953. The van der Waals surface area contributed by atoms with Gasteiger partial charge in [0.05, 0.1) is 0 Å². The molecule has 7 nitrogen and oxygen atoms in total. The molecule has 10 heavy (non-hydrogen) atoms. The Morgan fingerprint density at radius 3 is 1.60 bits per heavy atom. The van der Waals surface area contributed by atoms with Gasteiger partial charge in [-0.2, -0.15) is 0 Å². The van der Waals surface area contributed by atoms with E-state index in [0.717, 1.165) is 0 Å². The molecule has 0 aromatic carbocycles. The number of amides is 2. The summed E-state index contributed by atoms with van der Waals surface area (Å²) in [6.45, 7) is 0. The van der Waals surface area contributed by atoms with Crippen LogP contribution in [0.15, 0.2) is 0 Å². The molecule has 0 radical (unpaired) electrons. The van der Waals surface area contributed by atoms with Crippen molar-refractivity contribution in [3.63, 3.8) is 0 Å². The van der Waals surface area contributed by atoms with Crippen LogP contribution in [0.2, 0.25) is 0 Å². The van der Waals surface area contributed by atoms with Crippen molar-refractivity contribution in [3.8, 4) is 0 Å². The van der Waals surface area contributed by atoms with Crippen molar-refractivity contribution in [2.75, 3.05) is 0 Å². The molecule has 0 fully saturated rings. The van der Waals surface area contributed by atoms with Gasteiger partial charge >= 0.3 is 6.03 Å². The Balaban J connectivity index is 4.43. The van der Waals surface area contributed by atoms with Crippen LogP contribution in [-0.4, -0.2) is 27.3 Å². The number of urea groups is 1. The van der Waals surface area contributed by atoms with Crippen molar-refractivity contribution in [2.24, 2.45) is 5.73 Å². The van der Waals surface area contributed by atoms with E-state index in [4.69, 9.17) is 9.11 Å². The molecule has 0 aromatic heterocycles. The summed E-state index contributed by atoms with van der Waals surface area (Å²) in [7, 11) is 0. The Morgan fingerprint density at radius 1 is 1.30 bits per heavy atom. The van der Waals surface area contributed by atoms with Gasteiger partial charge in [-0.15, -0.1) is 3.71 Å². The van der Waals surface area contributed by atoms with Gasteiger partial charge in [0, 0.05) is 0 Å². The van der Waals surface area contributed by atoms with E-state index in [1.807, 2.05) is 0 Å². The Bertz CT molecular complexity index is 157. The summed E-state index contributed by atoms with van der Waals surface area (Å²) in [4.78, 5) is 10.0. The van der Waals surface area contributed by atoms with Crippen molar-refractivity contribution < 1.29 is 22.3 Å². The van der Waals surface area contributed by atoms with Crippen molar-refractivity contribution in [1.29, 1.82) is 0 Å². The smallest absolute Gasteiger partial charge is 0.342 e. The van der Waals surface area contributed by atoms with Gasteiger partial charge in [0.25, 0.3) is 22.5 Å². The first-order chi connectivity index (χ1) is 4.46. The number of hydrogen-bond acceptors (Lipinski definition) is 3. The molecule has 0 spiro atoms. The van der Waals surface area contributed by atoms with Gasteiger partial charge in [-0.3, -0.25) is 9.11 Å². The van der Waals surface area contributed by atoms with E-state index in [1.165, 1.54) is 0 Å². The number of carbonyl (C=O) groups is 1. The van der Waals surface area contributed by atoms with E-state index in [2.05, 4.69) is 5.73 Å². The van der Waals surface area contributed by atoms with Gasteiger partial charge in [-0.1, -0.05) is 0 Å². The van der Waals surface area contributed by atoms with Gasteiger partial charge in [0.2, 0.25) is 0 Å². The van der Waals surface area contributed by atoms with E-state index in [0.29, 0.717) is 0 Å². The van der Waals surface area contributed by atoms with E-state index < -0.39 is 28.6 Å². The fraction of sp³-hybridized carbons (Fsp3) is 0. The molecule has 0 rings (SSSR count). The van der Waals surface area contributed by atoms with Crippen LogP contribution in [0.1, 0.15) is 0 Å². The highest BCUT2D eigenvalue weighted by molar-refractivity contribution is 7.93. The predicted molar refractivity (Wildman–Crippen MR) is 33.0 cm³/mol. The zero-order valence-electron chi connectivity index (χ0n) is 4.46. The lowest BCUT2D eigenvalue weighted by molar-refractivity contribution is 0.243. The van der Waals surface area contributed by atoms with E-state index in [-0.39, 0.29) is 3.71 Å². The summed E-state index contributed by atoms with van der Waals surface area (Å²) in [6.07, 6.45) is 0. The first-order valence-corrected chi connectivity index (χ1v) is 3.91. The Hall–Kier alpha value is -0.510. The third-order valence-electron chi connectivity index (χ3n) is 0.464. The Labute approximate surface area is 61.0 Å². The highest BCUT2D eigenvalue weighted by Gasteiger charge is 2.21. The van der Waals surface area contributed by atoms with Crippen molar-refractivity contribution in [1.82, 2.24) is 3.71 Å². The van der Waals surface area contributed by atoms with E-state index in [1.54, 1.807) is 0 Å². The summed E-state index contributed by atoms with van der Waals surface area (Å²) in [6, 6.07) is -1.44. The molecule has 0 aromatic rings. The lowest BCUT2D eigenvalue weighted by Crippen LogP contribution is -2.37. The highest BCUT2D eigenvalue weighted by atomic mass is 32.3. The molecule has 0 aliphatic carbocycles. The van der Waals surface area contributed by atoms with Crippen LogP contribution < -0.4 is 5.73 Å². The number of primary amides is 1. The molecule has 2 atom stereocenters. The van der Waals surface area contributed by atoms with Gasteiger partial charge < -0.3 is 5.73 Å². The molecule has 0 aliphatic heterocycles. The molecule has 2 amide bonds. The number of rotatable bonds is 2. The third kappa shape index (κ3) is 2.39. The third-order valence-corrected chi connectivity index (χ3v) is 2.16. The molecule has 4 N–H and O–H groups in total. The zero-order chi connectivity index (χ0) is 8.31. The maximum Gasteiger partial charge on any atom is 0.342 e. The largest absolute Gasteiger partial charge is 0.350 e. The van der Waals surface area contributed by atoms with Crippen LogP contribution >= 0.6 is 0 Å². The van der Waals surface area contributed by atoms with Crippen molar-refractivity contribution in [3.05, 3.63) is 0 Å². The quantitative estimate of drug-likeness (QED) is 0.462. The molecule has 60 valence electrons. The second-order valence-electron chi connectivity index (χ2n) is 1.06. The lowest BCUT2D eigenvalue weighted by atomic mass is 11.2. The molecule has 0 saturated heterocycles. The summed E-state index contributed by atoms with van der Waals surface area (Å²) in [5.41, 5.74) is 4.42. The standard InChI is InChI=1S/CH4N2O5S2/c2-1(4)3(9(5)6)10(7)8/h(H2,2,4)(H,5,6)(H,7,8). The monoisotopic (exact) mass is 188 g/mol. The molecular formula is CH4N2O5S2. The number of carbonyl (C=O) groups excluding carboxylic acids is 1. The van der Waals surface area contributed by atoms with Crippen LogP contribution in [0.4, 0.5) is 4.79 Å². The average Bonchev–Trinajstić information content (AvgIpc) is 1.59. The minimum Gasteiger partial charge on any atom is -0.350 e. The summed E-state index contributed by atoms with van der Waals surface area (Å²) in [5.74, 6) is 0. The van der Waals surface area contributed by atoms with Crippen LogP contribution in [0.5, 0.6) is 0 Å². The summed E-state index contributed by atoms with van der Waals surface area (Å²) in [5, 5.41) is 0. The molecule has 0 saturated carbocycles. The van der Waals surface area contributed by atoms with Gasteiger partial charge in [0.1, 0.15) is 0 Å². The van der Waals surface area contributed by atoms with Crippen LogP contribution in [-0.2, 0) is 22.5 Å². The normalized spacial score (nSPS) is 15.8. The lowest BCUT2D eigenvalue weighted by Gasteiger charge is -2.07. The molecular weight excluding hydrogens is 184 g/mol. The highest BCUT2D eigenvalue weighted by Crippen LogP contribution is 1.93. The van der Waals surface area contributed by atoms with Gasteiger partial charge in [0.15, 0.2) is 0 Å². The average molecular weight is 188 g/mol. The van der Waals surface area contributed by atoms with Gasteiger partial charge in [-0.25, -0.2) is 13.2 Å². The van der Waals surface area contributed by atoms with Crippen LogP contribution in [0, 0.1) is 0 Å². The zero-order valence-corrected chi connectivity index (χ0v) is 6.09. The van der Waals surface area contributed by atoms with E-state index >= 15 is 0 Å². The SMILES string of the molecule is NC(=O)N(S(=O)O)S(=O)O. The molecule has 0 heterocycles. The fourth-order valence-electron chi connectivity index (χ4n) is 0.208. The number of hydrogen-bond donors (Lipinski definition) is 3. The van der Waals surface area contributed by atoms with E-state index in [9.17, 15) is 13.2 Å². The van der Waals surface area contributed by atoms with Gasteiger partial charge in [-0.05, 0) is 0 Å². The first kappa shape index (κ1) is 9.49. The minimum absolute atomic E-state index is 0.306. The molecule has 0 bridgehead atoms. The predicted octanol–water partition coefficient (Wildman–Crippen LogP) is -1.36. The second-order valence-corrected chi connectivity index (χ2v) is 2.94. The topological polar surface area (TPSA) is 121 Å². The molecule has 9 heteroatoms. The summed E-state index contributed by atoms with van der Waals surface area (Å²) >= 11 is -5.71. The maximum atomic E-state index is 10.0. The van der Waals surface area contributed by atoms with Crippen LogP contribution in [0.25, 0.3) is 0 Å². The number of nitrogens with two attached hydrogens (primary N) is 1. The first-order valence-electron chi connectivity index (χ1n) is 1.78. The second kappa shape index (κ2) is 3.61. The Kier molecular flexibility index (Phi) is 3.42. The number of nitrogens with zero attached hydrogens (tertiary/aromatic N) is 1. The molecule has 0 aliphatic rings.